The minimum Gasteiger partial charge on any atom is -0.473 e. The van der Waals surface area contributed by atoms with Gasteiger partial charge in [-0.05, 0) is 37.5 Å². The molecule has 0 spiro atoms. The van der Waals surface area contributed by atoms with E-state index in [0.717, 1.165) is 16.7 Å². The first kappa shape index (κ1) is 38.0. The summed E-state index contributed by atoms with van der Waals surface area (Å²) in [5, 5.41) is 24.0. The first-order chi connectivity index (χ1) is 24.5. The second-order valence-corrected chi connectivity index (χ2v) is 13.1. The predicted octanol–water partition coefficient (Wildman–Crippen LogP) is 3.03. The molecule has 0 saturated carbocycles. The molecule has 1 amide bonds. The molecule has 3 N–H and O–H groups in total. The van der Waals surface area contributed by atoms with Crippen LogP contribution in [0, 0.1) is 0 Å². The lowest BCUT2D eigenvalue weighted by molar-refractivity contribution is -0.246. The average molecular weight is 707 g/mol. The van der Waals surface area contributed by atoms with Gasteiger partial charge >= 0.3 is 11.9 Å². The van der Waals surface area contributed by atoms with Crippen LogP contribution in [0.15, 0.2) is 91.0 Å². The Labute approximate surface area is 297 Å². The number of amides is 1. The summed E-state index contributed by atoms with van der Waals surface area (Å²) in [6.45, 7) is 5.80. The first-order valence-corrected chi connectivity index (χ1v) is 16.9. The van der Waals surface area contributed by atoms with Crippen LogP contribution in [-0.2, 0) is 62.6 Å². The van der Waals surface area contributed by atoms with E-state index in [4.69, 9.17) is 33.5 Å². The summed E-state index contributed by atoms with van der Waals surface area (Å²) >= 11 is 0. The number of esters is 1. The van der Waals surface area contributed by atoms with Crippen molar-refractivity contribution in [1.82, 2.24) is 10.2 Å². The Morgan fingerprint density at radius 1 is 0.882 bits per heavy atom. The number of carboxylic acids is 1. The highest BCUT2D eigenvalue weighted by Crippen LogP contribution is 2.43. The molecule has 2 aliphatic heterocycles. The minimum atomic E-state index is -1.81. The number of benzene rings is 3. The highest BCUT2D eigenvalue weighted by atomic mass is 16.8. The van der Waals surface area contributed by atoms with Crippen LogP contribution in [0.25, 0.3) is 0 Å². The lowest BCUT2D eigenvalue weighted by Crippen LogP contribution is -2.65. The maximum absolute atomic E-state index is 14.2. The summed E-state index contributed by atoms with van der Waals surface area (Å²) in [7, 11) is 0. The lowest BCUT2D eigenvalue weighted by Gasteiger charge is -2.44. The Hall–Kier alpha value is -4.21. The Morgan fingerprint density at radius 2 is 1.43 bits per heavy atom. The molecular weight excluding hydrogens is 660 g/mol. The number of nitrogens with one attached hydrogen (secondary N) is 1. The number of carboxylic acid groups (broad SMARTS) is 1. The molecule has 2 heterocycles. The van der Waals surface area contributed by atoms with E-state index in [9.17, 15) is 19.5 Å². The highest BCUT2D eigenvalue weighted by molar-refractivity contribution is 6.28. The number of hydrogen-bond acceptors (Lipinski definition) is 11. The van der Waals surface area contributed by atoms with E-state index in [2.05, 4.69) is 5.32 Å². The molecule has 51 heavy (non-hydrogen) atoms. The van der Waals surface area contributed by atoms with Crippen molar-refractivity contribution in [2.45, 2.75) is 82.6 Å². The van der Waals surface area contributed by atoms with Crippen molar-refractivity contribution in [3.8, 4) is 0 Å². The van der Waals surface area contributed by atoms with Crippen LogP contribution in [0.3, 0.4) is 0 Å². The molecule has 5 rings (SSSR count). The van der Waals surface area contributed by atoms with Gasteiger partial charge in [0.1, 0.15) is 17.8 Å². The number of aliphatic hydroxyl groups excluding tert-OH is 1. The fourth-order valence-electron chi connectivity index (χ4n) is 6.40. The van der Waals surface area contributed by atoms with Crippen LogP contribution in [0.4, 0.5) is 0 Å². The molecule has 2 aliphatic rings. The third-order valence-electron chi connectivity index (χ3n) is 8.80. The third kappa shape index (κ3) is 9.98. The summed E-state index contributed by atoms with van der Waals surface area (Å²) in [5.41, 5.74) is 1.17. The van der Waals surface area contributed by atoms with Crippen molar-refractivity contribution in [2.24, 2.45) is 0 Å². The predicted molar refractivity (Wildman–Crippen MR) is 183 cm³/mol. The smallest absolute Gasteiger partial charge is 0.418 e. The molecule has 2 saturated heterocycles. The summed E-state index contributed by atoms with van der Waals surface area (Å²) in [5.74, 6) is -5.05. The molecule has 274 valence electrons. The van der Waals surface area contributed by atoms with E-state index in [0.29, 0.717) is 0 Å². The molecule has 1 unspecified atom stereocenters. The number of rotatable bonds is 15. The van der Waals surface area contributed by atoms with E-state index in [1.807, 2.05) is 97.9 Å². The number of aliphatic carboxylic acids is 1. The van der Waals surface area contributed by atoms with Crippen LogP contribution >= 0.6 is 0 Å². The summed E-state index contributed by atoms with van der Waals surface area (Å²) < 4.78 is 37.6. The number of aliphatic hydroxyl groups is 1. The van der Waals surface area contributed by atoms with E-state index in [1.165, 1.54) is 4.90 Å². The van der Waals surface area contributed by atoms with Gasteiger partial charge in [0.2, 0.25) is 0 Å². The van der Waals surface area contributed by atoms with Crippen molar-refractivity contribution < 1.29 is 53.0 Å². The van der Waals surface area contributed by atoms with Gasteiger partial charge in [-0.25, -0.2) is 9.59 Å². The maximum Gasteiger partial charge on any atom is 0.418 e. The van der Waals surface area contributed by atoms with E-state index < -0.39 is 59.9 Å². The molecular formula is C38H46N2O11. The molecule has 0 aromatic heterocycles. The molecule has 13 heteroatoms. The lowest BCUT2D eigenvalue weighted by atomic mass is 9.85. The Bertz CT molecular complexity index is 1580. The molecule has 3 aromatic rings. The standard InChI is InChI=1S/C38H46N2O11/c1-26-38(51-37(2,3)50-26,25-46-22-27-13-7-4-8-14-27)33(48-24-29-17-11-6-12-18-29)32(47-23-28-15-9-5-10-16-28)31(41)34(42)40-20-19-39-30(21-40)49-36(45)35(43)44/h4-18,26,30-33,39,41H,19-25H2,1-3H3,(H,43,44)/t26-,30?,31-,32-,33+,38-/m1/s1. The number of nitrogens with zero attached hydrogens (tertiary/aromatic N) is 1. The number of piperazine rings is 1. The van der Waals surface area contributed by atoms with Gasteiger partial charge < -0.3 is 43.5 Å². The Kier molecular flexibility index (Phi) is 12.9. The van der Waals surface area contributed by atoms with Gasteiger partial charge in [-0.15, -0.1) is 0 Å². The number of hydrogen-bond donors (Lipinski definition) is 3. The Balaban J connectivity index is 1.51. The zero-order chi connectivity index (χ0) is 36.4. The van der Waals surface area contributed by atoms with Crippen molar-refractivity contribution in [2.75, 3.05) is 26.2 Å². The SMILES string of the molecule is C[C@H]1OC(C)(C)O[C@@]1(COCc1ccccc1)[C@@H](OCc1ccccc1)[C@H](OCc1ccccc1)[C@@H](O)C(=O)N1CCNC(OC(=O)C(=O)O)C1. The van der Waals surface area contributed by atoms with Crippen molar-refractivity contribution in [3.05, 3.63) is 108 Å². The second kappa shape index (κ2) is 17.3. The fraction of sp³-hybridized carbons (Fsp3) is 0.447. The average Bonchev–Trinajstić information content (AvgIpc) is 3.37. The maximum atomic E-state index is 14.2. The molecule has 13 nitrogen and oxygen atoms in total. The first-order valence-electron chi connectivity index (χ1n) is 16.9. The summed E-state index contributed by atoms with van der Waals surface area (Å²) in [4.78, 5) is 38.4. The largest absolute Gasteiger partial charge is 0.473 e. The van der Waals surface area contributed by atoms with Gasteiger partial charge in [-0.2, -0.15) is 0 Å². The van der Waals surface area contributed by atoms with Crippen molar-refractivity contribution >= 4 is 17.8 Å². The van der Waals surface area contributed by atoms with Crippen LogP contribution in [-0.4, -0.2) is 101 Å². The zero-order valence-electron chi connectivity index (χ0n) is 29.0. The zero-order valence-corrected chi connectivity index (χ0v) is 29.0. The molecule has 3 aromatic carbocycles. The fourth-order valence-corrected chi connectivity index (χ4v) is 6.40. The molecule has 0 aliphatic carbocycles. The Morgan fingerprint density at radius 3 is 1.96 bits per heavy atom. The van der Waals surface area contributed by atoms with Crippen LogP contribution in [0.5, 0.6) is 0 Å². The van der Waals surface area contributed by atoms with Gasteiger partial charge in [0, 0.05) is 13.1 Å². The van der Waals surface area contributed by atoms with Crippen molar-refractivity contribution in [3.63, 3.8) is 0 Å². The van der Waals surface area contributed by atoms with Crippen LogP contribution in [0.1, 0.15) is 37.5 Å². The van der Waals surface area contributed by atoms with Gasteiger partial charge in [0.05, 0.1) is 39.1 Å². The van der Waals surface area contributed by atoms with Gasteiger partial charge in [-0.1, -0.05) is 91.0 Å². The molecule has 0 radical (unpaired) electrons. The van der Waals surface area contributed by atoms with Crippen molar-refractivity contribution in [1.29, 1.82) is 0 Å². The van der Waals surface area contributed by atoms with Gasteiger partial charge in [-0.3, -0.25) is 10.1 Å². The number of carbonyl (C=O) groups is 3. The van der Waals surface area contributed by atoms with Crippen LogP contribution in [0.2, 0.25) is 0 Å². The van der Waals surface area contributed by atoms with E-state index in [1.54, 1.807) is 13.8 Å². The summed E-state index contributed by atoms with van der Waals surface area (Å²) in [6.07, 6.45) is -6.05. The normalized spacial score (nSPS) is 23.3. The molecule has 2 fully saturated rings. The minimum absolute atomic E-state index is 0.0149. The number of ether oxygens (including phenoxy) is 6. The van der Waals surface area contributed by atoms with E-state index >= 15 is 0 Å². The highest BCUT2D eigenvalue weighted by Gasteiger charge is 2.60. The number of carbonyl (C=O) groups excluding carboxylic acids is 2. The third-order valence-corrected chi connectivity index (χ3v) is 8.80. The second-order valence-electron chi connectivity index (χ2n) is 13.1. The topological polar surface area (TPSA) is 162 Å². The van der Waals surface area contributed by atoms with E-state index in [-0.39, 0.29) is 46.1 Å². The molecule has 6 atom stereocenters. The van der Waals surface area contributed by atoms with Crippen LogP contribution < -0.4 is 5.32 Å². The van der Waals surface area contributed by atoms with Gasteiger partial charge in [0.15, 0.2) is 18.1 Å². The van der Waals surface area contributed by atoms with Gasteiger partial charge in [0.25, 0.3) is 5.91 Å². The monoisotopic (exact) mass is 706 g/mol. The summed E-state index contributed by atoms with van der Waals surface area (Å²) in [6, 6.07) is 28.4. The molecule has 0 bridgehead atoms. The quantitative estimate of drug-likeness (QED) is 0.157.